The van der Waals surface area contributed by atoms with Crippen LogP contribution in [0.5, 0.6) is 0 Å². The highest BCUT2D eigenvalue weighted by Gasteiger charge is 2.35. The summed E-state index contributed by atoms with van der Waals surface area (Å²) in [4.78, 5) is 51.7. The van der Waals surface area contributed by atoms with Gasteiger partial charge in [-0.1, -0.05) is 48.5 Å². The number of hydrogen-bond donors (Lipinski definition) is 0. The third-order valence-electron chi connectivity index (χ3n) is 4.37. The zero-order valence-corrected chi connectivity index (χ0v) is 14.5. The average Bonchev–Trinajstić information content (AvgIpc) is 2.74. The van der Waals surface area contributed by atoms with Crippen LogP contribution in [-0.2, 0) is 0 Å². The molecule has 4 rings (SSSR count). The SMILES string of the molecule is [N-]=[N+]=C1CC(=O)c2ccccc2C1=O.[N-]=[N+]=C1CC(=O)c2ccccc2C1=O. The van der Waals surface area contributed by atoms with Gasteiger partial charge in [-0.15, -0.1) is 0 Å². The molecular weight excluding hydrogens is 360 g/mol. The molecule has 0 spiro atoms. The van der Waals surface area contributed by atoms with Crippen molar-refractivity contribution in [1.82, 2.24) is 0 Å². The fraction of sp³-hybridized carbons (Fsp3) is 0.100. The predicted molar refractivity (Wildman–Crippen MR) is 96.7 cm³/mol. The van der Waals surface area contributed by atoms with E-state index in [1.54, 1.807) is 48.5 Å². The van der Waals surface area contributed by atoms with E-state index < -0.39 is 0 Å². The van der Waals surface area contributed by atoms with E-state index in [4.69, 9.17) is 11.1 Å². The van der Waals surface area contributed by atoms with Crippen molar-refractivity contribution in [3.05, 3.63) is 81.8 Å². The largest absolute Gasteiger partial charge is 0.361 e. The molecule has 0 N–H and O–H groups in total. The van der Waals surface area contributed by atoms with Crippen molar-refractivity contribution in [2.45, 2.75) is 12.8 Å². The lowest BCUT2D eigenvalue weighted by atomic mass is 9.88. The van der Waals surface area contributed by atoms with Crippen LogP contribution < -0.4 is 0 Å². The maximum atomic E-state index is 11.6. The van der Waals surface area contributed by atoms with Crippen LogP contribution in [0.1, 0.15) is 54.3 Å². The van der Waals surface area contributed by atoms with E-state index in [1.807, 2.05) is 0 Å². The normalized spacial score (nSPS) is 15.0. The number of nitrogens with zero attached hydrogens (tertiary/aromatic N) is 4. The summed E-state index contributed by atoms with van der Waals surface area (Å²) in [5.74, 6) is -1.12. The van der Waals surface area contributed by atoms with Gasteiger partial charge in [-0.2, -0.15) is 9.58 Å². The first kappa shape index (κ1) is 18.7. The van der Waals surface area contributed by atoms with Gasteiger partial charge in [0.05, 0.1) is 0 Å². The lowest BCUT2D eigenvalue weighted by molar-refractivity contribution is -0.00923. The monoisotopic (exact) mass is 372 g/mol. The summed E-state index contributed by atoms with van der Waals surface area (Å²) in [6, 6.07) is 13.1. The molecule has 0 unspecified atom stereocenters. The van der Waals surface area contributed by atoms with Gasteiger partial charge in [0.1, 0.15) is 12.8 Å². The zero-order valence-electron chi connectivity index (χ0n) is 14.5. The van der Waals surface area contributed by atoms with Gasteiger partial charge in [-0.05, 0) is 0 Å². The Balaban J connectivity index is 0.000000161. The Kier molecular flexibility index (Phi) is 5.09. The summed E-state index contributed by atoms with van der Waals surface area (Å²) in [6.45, 7) is 0. The lowest BCUT2D eigenvalue weighted by Gasteiger charge is -2.08. The Hall–Kier alpha value is -4.12. The number of ketones is 4. The molecule has 2 aliphatic rings. The van der Waals surface area contributed by atoms with Crippen molar-refractivity contribution in [2.75, 3.05) is 0 Å². The fourth-order valence-corrected chi connectivity index (χ4v) is 2.98. The number of Topliss-reactive ketones (excluding diaryl/α,β-unsaturated/α-hetero) is 4. The van der Waals surface area contributed by atoms with Gasteiger partial charge in [-0.25, -0.2) is 0 Å². The van der Waals surface area contributed by atoms with Crippen molar-refractivity contribution >= 4 is 34.6 Å². The first-order valence-corrected chi connectivity index (χ1v) is 8.23. The molecule has 8 heteroatoms. The molecule has 2 aliphatic carbocycles. The molecule has 0 radical (unpaired) electrons. The van der Waals surface area contributed by atoms with Gasteiger partial charge in [0.2, 0.25) is 0 Å². The molecule has 28 heavy (non-hydrogen) atoms. The summed E-state index contributed by atoms with van der Waals surface area (Å²) < 4.78 is 0. The van der Waals surface area contributed by atoms with E-state index in [0.29, 0.717) is 22.3 Å². The molecular formula is C20H12N4O4. The van der Waals surface area contributed by atoms with Crippen LogP contribution in [-0.4, -0.2) is 44.1 Å². The standard InChI is InChI=1S/2C10H6N2O2/c2*11-12-8-5-9(13)6-3-1-2-4-7(6)10(8)14/h2*1-4H,5H2. The predicted octanol–water partition coefficient (Wildman–Crippen LogP) is 2.25. The Morgan fingerprint density at radius 1 is 0.571 bits per heavy atom. The number of benzene rings is 2. The maximum absolute atomic E-state index is 11.6. The van der Waals surface area contributed by atoms with E-state index in [0.717, 1.165) is 0 Å². The molecule has 0 saturated carbocycles. The van der Waals surface area contributed by atoms with Crippen LogP contribution in [0.15, 0.2) is 48.5 Å². The summed E-state index contributed by atoms with van der Waals surface area (Å²) in [5, 5.41) is 0. The minimum Gasteiger partial charge on any atom is -0.361 e. The van der Waals surface area contributed by atoms with Crippen LogP contribution >= 0.6 is 0 Å². The number of rotatable bonds is 0. The van der Waals surface area contributed by atoms with E-state index in [-0.39, 0.29) is 47.4 Å². The second kappa shape index (κ2) is 7.63. The Labute approximate surface area is 158 Å². The van der Waals surface area contributed by atoms with Crippen LogP contribution in [0.25, 0.3) is 11.1 Å². The summed E-state index contributed by atoms with van der Waals surface area (Å²) in [6.07, 6.45) is -0.237. The van der Waals surface area contributed by atoms with Crippen molar-refractivity contribution in [3.8, 4) is 0 Å². The van der Waals surface area contributed by atoms with Crippen molar-refractivity contribution < 1.29 is 28.8 Å². The fourth-order valence-electron chi connectivity index (χ4n) is 2.98. The highest BCUT2D eigenvalue weighted by atomic mass is 16.1. The smallest absolute Gasteiger partial charge is 0.347 e. The topological polar surface area (TPSA) is 141 Å². The van der Waals surface area contributed by atoms with Crippen molar-refractivity contribution in [1.29, 1.82) is 0 Å². The van der Waals surface area contributed by atoms with Crippen LogP contribution in [0.4, 0.5) is 0 Å². The third-order valence-corrected chi connectivity index (χ3v) is 4.37. The number of fused-ring (bicyclic) bond motifs is 2. The Morgan fingerprint density at radius 3 is 1.21 bits per heavy atom. The zero-order chi connectivity index (χ0) is 20.3. The summed E-state index contributed by atoms with van der Waals surface area (Å²) in [5.41, 5.74) is 18.3. The van der Waals surface area contributed by atoms with Crippen LogP contribution in [0, 0.1) is 0 Å². The molecule has 0 atom stereocenters. The molecule has 8 nitrogen and oxygen atoms in total. The van der Waals surface area contributed by atoms with Gasteiger partial charge in [0.15, 0.2) is 11.6 Å². The Morgan fingerprint density at radius 2 is 0.893 bits per heavy atom. The second-order valence-corrected chi connectivity index (χ2v) is 6.04. The van der Waals surface area contributed by atoms with E-state index in [2.05, 4.69) is 9.58 Å². The van der Waals surface area contributed by atoms with Crippen molar-refractivity contribution in [2.24, 2.45) is 0 Å². The van der Waals surface area contributed by atoms with E-state index in [1.165, 1.54) is 0 Å². The molecule has 0 aromatic heterocycles. The third kappa shape index (κ3) is 3.29. The number of carbonyl (C=O) groups excluding carboxylic acids is 4. The van der Waals surface area contributed by atoms with E-state index >= 15 is 0 Å². The van der Waals surface area contributed by atoms with Gasteiger partial charge in [-0.3, -0.25) is 19.2 Å². The first-order valence-electron chi connectivity index (χ1n) is 8.23. The highest BCUT2D eigenvalue weighted by molar-refractivity contribution is 6.51. The highest BCUT2D eigenvalue weighted by Crippen LogP contribution is 2.19. The van der Waals surface area contributed by atoms with Crippen molar-refractivity contribution in [3.63, 3.8) is 0 Å². The lowest BCUT2D eigenvalue weighted by Crippen LogP contribution is -2.27. The molecule has 0 saturated heterocycles. The molecule has 0 heterocycles. The minimum atomic E-state index is -0.372. The molecule has 2 aromatic rings. The number of hydrogen-bond acceptors (Lipinski definition) is 4. The molecule has 0 bridgehead atoms. The quantitative estimate of drug-likeness (QED) is 0.516. The minimum absolute atomic E-state index is 0.0892. The number of carbonyl (C=O) groups is 4. The molecule has 0 fully saturated rings. The van der Waals surface area contributed by atoms with Crippen LogP contribution in [0.2, 0.25) is 0 Å². The molecule has 136 valence electrons. The molecule has 0 amide bonds. The van der Waals surface area contributed by atoms with Gasteiger partial charge < -0.3 is 11.1 Å². The molecule has 2 aromatic carbocycles. The van der Waals surface area contributed by atoms with Gasteiger partial charge in [0, 0.05) is 22.3 Å². The summed E-state index contributed by atoms with van der Waals surface area (Å²) >= 11 is 0. The second-order valence-electron chi connectivity index (χ2n) is 6.04. The van der Waals surface area contributed by atoms with Gasteiger partial charge in [0.25, 0.3) is 11.6 Å². The first-order chi connectivity index (χ1) is 13.5. The molecule has 0 aliphatic heterocycles. The average molecular weight is 372 g/mol. The van der Waals surface area contributed by atoms with Crippen LogP contribution in [0.3, 0.4) is 0 Å². The van der Waals surface area contributed by atoms with Gasteiger partial charge >= 0.3 is 11.4 Å². The Bertz CT molecular complexity index is 1060. The van der Waals surface area contributed by atoms with E-state index in [9.17, 15) is 19.2 Å². The summed E-state index contributed by atoms with van der Waals surface area (Å²) in [7, 11) is 0. The maximum Gasteiger partial charge on any atom is 0.347 e.